The molecule has 0 saturated carbocycles. The van der Waals surface area contributed by atoms with Crippen LogP contribution in [0.1, 0.15) is 31.4 Å². The van der Waals surface area contributed by atoms with Gasteiger partial charge in [0.1, 0.15) is 0 Å². The van der Waals surface area contributed by atoms with Crippen LogP contribution in [0, 0.1) is 13.8 Å². The monoisotopic (exact) mass is 356 g/mol. The number of urea groups is 1. The van der Waals surface area contributed by atoms with Crippen LogP contribution in [0.15, 0.2) is 16.6 Å². The van der Waals surface area contributed by atoms with Crippen LogP contribution in [-0.2, 0) is 4.79 Å². The molecule has 1 unspecified atom stereocenters. The highest BCUT2D eigenvalue weighted by Gasteiger charge is 2.21. The summed E-state index contributed by atoms with van der Waals surface area (Å²) in [4.78, 5) is 24.7. The minimum Gasteiger partial charge on any atom is -0.481 e. The van der Waals surface area contributed by atoms with E-state index < -0.39 is 5.97 Å². The zero-order valence-electron chi connectivity index (χ0n) is 12.7. The van der Waals surface area contributed by atoms with Crippen molar-refractivity contribution in [2.24, 2.45) is 0 Å². The molecule has 0 bridgehead atoms. The van der Waals surface area contributed by atoms with Crippen molar-refractivity contribution in [1.82, 2.24) is 4.90 Å². The largest absolute Gasteiger partial charge is 0.481 e. The third kappa shape index (κ3) is 4.74. The van der Waals surface area contributed by atoms with Crippen molar-refractivity contribution in [3.8, 4) is 0 Å². The summed E-state index contributed by atoms with van der Waals surface area (Å²) in [6.45, 7) is 7.86. The minimum absolute atomic E-state index is 0.0699. The Hall–Kier alpha value is -1.56. The van der Waals surface area contributed by atoms with Gasteiger partial charge in [-0.25, -0.2) is 4.79 Å². The highest BCUT2D eigenvalue weighted by atomic mass is 79.9. The molecule has 5 nitrogen and oxygen atoms in total. The Morgan fingerprint density at radius 3 is 2.29 bits per heavy atom. The van der Waals surface area contributed by atoms with Crippen molar-refractivity contribution in [2.45, 2.75) is 40.2 Å². The predicted molar refractivity (Wildman–Crippen MR) is 86.7 cm³/mol. The SMILES string of the molecule is CCN(C(=O)Nc1c(C)cc(Br)cc1C)C(C)CC(=O)O. The zero-order valence-corrected chi connectivity index (χ0v) is 14.3. The maximum Gasteiger partial charge on any atom is 0.322 e. The summed E-state index contributed by atoms with van der Waals surface area (Å²) in [5, 5.41) is 11.7. The van der Waals surface area contributed by atoms with E-state index in [0.717, 1.165) is 21.3 Å². The minimum atomic E-state index is -0.912. The van der Waals surface area contributed by atoms with E-state index >= 15 is 0 Å². The Morgan fingerprint density at radius 2 is 1.86 bits per heavy atom. The van der Waals surface area contributed by atoms with Crippen molar-refractivity contribution in [3.05, 3.63) is 27.7 Å². The maximum atomic E-state index is 12.4. The Labute approximate surface area is 133 Å². The van der Waals surface area contributed by atoms with E-state index in [4.69, 9.17) is 5.11 Å². The summed E-state index contributed by atoms with van der Waals surface area (Å²) in [6, 6.07) is 3.22. The van der Waals surface area contributed by atoms with Gasteiger partial charge in [-0.2, -0.15) is 0 Å². The number of halogens is 1. The van der Waals surface area contributed by atoms with Crippen molar-refractivity contribution >= 4 is 33.6 Å². The number of benzene rings is 1. The first-order valence-electron chi connectivity index (χ1n) is 6.82. The molecule has 0 aliphatic carbocycles. The van der Waals surface area contributed by atoms with E-state index in [0.29, 0.717) is 6.54 Å². The molecule has 1 atom stereocenters. The summed E-state index contributed by atoms with van der Waals surface area (Å²) in [7, 11) is 0. The average molecular weight is 357 g/mol. The summed E-state index contributed by atoms with van der Waals surface area (Å²) in [6.07, 6.45) is -0.0699. The van der Waals surface area contributed by atoms with Gasteiger partial charge in [0.15, 0.2) is 0 Å². The summed E-state index contributed by atoms with van der Waals surface area (Å²) in [5.41, 5.74) is 2.68. The molecule has 0 aliphatic heterocycles. The van der Waals surface area contributed by atoms with Gasteiger partial charge in [0, 0.05) is 22.7 Å². The molecule has 1 aromatic rings. The third-order valence-electron chi connectivity index (χ3n) is 3.33. The van der Waals surface area contributed by atoms with Crippen molar-refractivity contribution < 1.29 is 14.7 Å². The molecule has 2 N–H and O–H groups in total. The molecule has 116 valence electrons. The normalized spacial score (nSPS) is 11.9. The first-order chi connectivity index (χ1) is 9.76. The van der Waals surface area contributed by atoms with Crippen LogP contribution in [0.5, 0.6) is 0 Å². The van der Waals surface area contributed by atoms with Gasteiger partial charge in [-0.1, -0.05) is 15.9 Å². The Morgan fingerprint density at radius 1 is 1.33 bits per heavy atom. The fourth-order valence-electron chi connectivity index (χ4n) is 2.30. The standard InChI is InChI=1S/C15H21BrN2O3/c1-5-18(11(4)8-13(19)20)15(21)17-14-9(2)6-12(16)7-10(14)3/h6-7,11H,5,8H2,1-4H3,(H,17,21)(H,19,20). The number of carbonyl (C=O) groups is 2. The van der Waals surface area contributed by atoms with Gasteiger partial charge in [-0.15, -0.1) is 0 Å². The summed E-state index contributed by atoms with van der Waals surface area (Å²) >= 11 is 3.42. The van der Waals surface area contributed by atoms with Crippen LogP contribution in [-0.4, -0.2) is 34.6 Å². The van der Waals surface area contributed by atoms with Gasteiger partial charge in [0.25, 0.3) is 0 Å². The van der Waals surface area contributed by atoms with E-state index in [1.54, 1.807) is 6.92 Å². The second kappa shape index (κ2) is 7.45. The molecule has 0 aromatic heterocycles. The fraction of sp³-hybridized carbons (Fsp3) is 0.467. The maximum absolute atomic E-state index is 12.4. The number of carboxylic acid groups (broad SMARTS) is 1. The second-order valence-electron chi connectivity index (χ2n) is 5.08. The van der Waals surface area contributed by atoms with Crippen LogP contribution in [0.25, 0.3) is 0 Å². The molecule has 0 fully saturated rings. The van der Waals surface area contributed by atoms with E-state index in [1.165, 1.54) is 4.90 Å². The lowest BCUT2D eigenvalue weighted by Crippen LogP contribution is -2.42. The molecule has 6 heteroatoms. The molecule has 0 aliphatic rings. The number of rotatable bonds is 5. The number of hydrogen-bond donors (Lipinski definition) is 2. The number of anilines is 1. The first-order valence-corrected chi connectivity index (χ1v) is 7.61. The molecule has 0 radical (unpaired) electrons. The number of aryl methyl sites for hydroxylation is 2. The lowest BCUT2D eigenvalue weighted by Gasteiger charge is -2.28. The van der Waals surface area contributed by atoms with E-state index in [9.17, 15) is 9.59 Å². The highest BCUT2D eigenvalue weighted by Crippen LogP contribution is 2.25. The molecule has 0 saturated heterocycles. The lowest BCUT2D eigenvalue weighted by molar-refractivity contribution is -0.137. The van der Waals surface area contributed by atoms with Crippen LogP contribution in [0.4, 0.5) is 10.5 Å². The Kier molecular flexibility index (Phi) is 6.20. The van der Waals surface area contributed by atoms with Crippen molar-refractivity contribution in [3.63, 3.8) is 0 Å². The van der Waals surface area contributed by atoms with Crippen LogP contribution in [0.2, 0.25) is 0 Å². The fourth-order valence-corrected chi connectivity index (χ4v) is 2.99. The smallest absolute Gasteiger partial charge is 0.322 e. The predicted octanol–water partition coefficient (Wildman–Crippen LogP) is 3.78. The number of hydrogen-bond acceptors (Lipinski definition) is 2. The molecular weight excluding hydrogens is 336 g/mol. The average Bonchev–Trinajstić information content (AvgIpc) is 2.33. The van der Waals surface area contributed by atoms with Gasteiger partial charge in [-0.05, 0) is 51.0 Å². The van der Waals surface area contributed by atoms with Crippen LogP contribution < -0.4 is 5.32 Å². The molecule has 0 heterocycles. The molecule has 2 amide bonds. The number of aliphatic carboxylic acids is 1. The van der Waals surface area contributed by atoms with Crippen molar-refractivity contribution in [1.29, 1.82) is 0 Å². The number of nitrogens with zero attached hydrogens (tertiary/aromatic N) is 1. The molecular formula is C15H21BrN2O3. The van der Waals surface area contributed by atoms with Crippen LogP contribution in [0.3, 0.4) is 0 Å². The highest BCUT2D eigenvalue weighted by molar-refractivity contribution is 9.10. The number of carbonyl (C=O) groups excluding carboxylic acids is 1. The number of amides is 2. The number of nitrogens with one attached hydrogen (secondary N) is 1. The second-order valence-corrected chi connectivity index (χ2v) is 5.99. The molecule has 1 rings (SSSR count). The molecule has 0 spiro atoms. The van der Waals surface area contributed by atoms with E-state index in [1.807, 2.05) is 32.9 Å². The third-order valence-corrected chi connectivity index (χ3v) is 3.79. The number of carboxylic acids is 1. The summed E-state index contributed by atoms with van der Waals surface area (Å²) < 4.78 is 0.960. The Bertz CT molecular complexity index is 523. The topological polar surface area (TPSA) is 69.6 Å². The van der Waals surface area contributed by atoms with Crippen LogP contribution >= 0.6 is 15.9 Å². The first kappa shape index (κ1) is 17.5. The van der Waals surface area contributed by atoms with Crippen molar-refractivity contribution in [2.75, 3.05) is 11.9 Å². The van der Waals surface area contributed by atoms with Gasteiger partial charge in [0.05, 0.1) is 6.42 Å². The molecule has 21 heavy (non-hydrogen) atoms. The van der Waals surface area contributed by atoms with Gasteiger partial charge in [-0.3, -0.25) is 4.79 Å². The van der Waals surface area contributed by atoms with Gasteiger partial charge in [0.2, 0.25) is 0 Å². The van der Waals surface area contributed by atoms with Gasteiger partial charge < -0.3 is 15.3 Å². The van der Waals surface area contributed by atoms with E-state index in [2.05, 4.69) is 21.2 Å². The van der Waals surface area contributed by atoms with E-state index in [-0.39, 0.29) is 18.5 Å². The Balaban J connectivity index is 2.91. The van der Waals surface area contributed by atoms with Gasteiger partial charge >= 0.3 is 12.0 Å². The summed E-state index contributed by atoms with van der Waals surface area (Å²) in [5.74, 6) is -0.912. The quantitative estimate of drug-likeness (QED) is 0.843. The zero-order chi connectivity index (χ0) is 16.2. The molecule has 1 aromatic carbocycles. The lowest BCUT2D eigenvalue weighted by atomic mass is 10.1.